The van der Waals surface area contributed by atoms with Crippen LogP contribution in [-0.4, -0.2) is 0 Å². The van der Waals surface area contributed by atoms with Crippen LogP contribution in [0.15, 0.2) is 74.0 Å². The Bertz CT molecular complexity index is 854. The molecule has 0 spiro atoms. The van der Waals surface area contributed by atoms with Crippen molar-refractivity contribution >= 4 is 22.0 Å². The Morgan fingerprint density at radius 2 is 1.80 bits per heavy atom. The van der Waals surface area contributed by atoms with Crippen LogP contribution in [0.2, 0.25) is 0 Å². The fourth-order valence-corrected chi connectivity index (χ4v) is 8.33. The maximum absolute atomic E-state index is 3.83. The molecule has 0 amide bonds. The number of hydrogen-bond acceptors (Lipinski definition) is 0. The summed E-state index contributed by atoms with van der Waals surface area (Å²) in [7, 11) is 0. The Hall–Kier alpha value is -0.397. The Labute approximate surface area is 182 Å². The summed E-state index contributed by atoms with van der Waals surface area (Å²) < 4.78 is 3.65. The second kappa shape index (κ2) is 9.00. The molecular formula is C21H17BrCl2Zr. The van der Waals surface area contributed by atoms with Gasteiger partial charge in [0.05, 0.1) is 0 Å². The SMILES string of the molecule is CC1=Cc2c(-c3ccccc3)ccc(Br)c2[CH]1[Zr+2][C]1=CC=CC1.[Cl-].[Cl-]. The molecule has 0 fully saturated rings. The van der Waals surface area contributed by atoms with E-state index in [1.165, 1.54) is 33.1 Å². The Kier molecular flexibility index (Phi) is 7.53. The number of rotatable bonds is 3. The molecule has 0 bridgehead atoms. The van der Waals surface area contributed by atoms with Crippen LogP contribution in [0.1, 0.15) is 28.1 Å². The van der Waals surface area contributed by atoms with Crippen LogP contribution in [0.25, 0.3) is 17.2 Å². The fourth-order valence-electron chi connectivity index (χ4n) is 3.39. The average Bonchev–Trinajstić information content (AvgIpc) is 3.18. The first-order valence-electron chi connectivity index (χ1n) is 7.92. The van der Waals surface area contributed by atoms with E-state index < -0.39 is 23.2 Å². The van der Waals surface area contributed by atoms with Crippen molar-refractivity contribution in [3.63, 3.8) is 0 Å². The molecule has 0 saturated heterocycles. The second-order valence-corrected chi connectivity index (χ2v) is 10.6. The van der Waals surface area contributed by atoms with E-state index in [1.807, 2.05) is 0 Å². The minimum Gasteiger partial charge on any atom is -1.00 e. The number of allylic oxidation sites excluding steroid dienone is 5. The van der Waals surface area contributed by atoms with Crippen molar-refractivity contribution in [1.29, 1.82) is 0 Å². The third-order valence-corrected chi connectivity index (χ3v) is 9.59. The van der Waals surface area contributed by atoms with Gasteiger partial charge in [-0.25, -0.2) is 0 Å². The van der Waals surface area contributed by atoms with Crippen molar-refractivity contribution in [2.75, 3.05) is 0 Å². The summed E-state index contributed by atoms with van der Waals surface area (Å²) in [6.07, 6.45) is 10.5. The van der Waals surface area contributed by atoms with Crippen LogP contribution in [0, 0.1) is 0 Å². The van der Waals surface area contributed by atoms with Gasteiger partial charge in [0.1, 0.15) is 0 Å². The van der Waals surface area contributed by atoms with E-state index in [1.54, 1.807) is 8.85 Å². The molecule has 0 heterocycles. The van der Waals surface area contributed by atoms with E-state index in [0.29, 0.717) is 3.63 Å². The third-order valence-electron chi connectivity index (χ3n) is 4.54. The molecule has 4 heteroatoms. The molecule has 4 rings (SSSR count). The van der Waals surface area contributed by atoms with Gasteiger partial charge in [0, 0.05) is 0 Å². The molecular weight excluding hydrogens is 494 g/mol. The molecule has 2 aliphatic carbocycles. The summed E-state index contributed by atoms with van der Waals surface area (Å²) in [6.45, 7) is 2.32. The zero-order valence-corrected chi connectivity index (χ0v) is 19.3. The molecule has 0 aromatic heterocycles. The Morgan fingerprint density at radius 3 is 2.48 bits per heavy atom. The molecule has 0 nitrogen and oxygen atoms in total. The van der Waals surface area contributed by atoms with E-state index in [9.17, 15) is 0 Å². The minimum atomic E-state index is -0.630. The minimum absolute atomic E-state index is 0. The van der Waals surface area contributed by atoms with Gasteiger partial charge in [-0.15, -0.1) is 0 Å². The zero-order valence-electron chi connectivity index (χ0n) is 13.8. The van der Waals surface area contributed by atoms with Crippen molar-refractivity contribution in [3.05, 3.63) is 85.1 Å². The standard InChI is InChI=1S/C16H12Br.C5H5.2ClH.Zr/c1-11-9-14-13(12-5-3-2-4-6-12)7-8-16(17)15(14)10-11;1-2-4-5-3-1;;;/h2-10H,1H3;1-3H,4H2;2*1H;/q;;;;+2/p-2. The Balaban J connectivity index is 0.00000113. The number of halogens is 3. The molecule has 0 radical (unpaired) electrons. The van der Waals surface area contributed by atoms with Crippen molar-refractivity contribution in [2.45, 2.75) is 17.0 Å². The fraction of sp³-hybridized carbons (Fsp3) is 0.143. The molecule has 0 aliphatic heterocycles. The summed E-state index contributed by atoms with van der Waals surface area (Å²) in [5, 5.41) is 0. The van der Waals surface area contributed by atoms with E-state index in [0.717, 1.165) is 0 Å². The first kappa shape index (κ1) is 20.9. The van der Waals surface area contributed by atoms with Crippen LogP contribution in [0.3, 0.4) is 0 Å². The van der Waals surface area contributed by atoms with Gasteiger partial charge in [-0.3, -0.25) is 0 Å². The van der Waals surface area contributed by atoms with E-state index in [4.69, 9.17) is 0 Å². The largest absolute Gasteiger partial charge is 1.00 e. The van der Waals surface area contributed by atoms with Crippen LogP contribution >= 0.6 is 15.9 Å². The van der Waals surface area contributed by atoms with Gasteiger partial charge in [-0.1, -0.05) is 0 Å². The third kappa shape index (κ3) is 4.14. The number of benzene rings is 2. The summed E-state index contributed by atoms with van der Waals surface area (Å²) in [5.74, 6) is 0. The van der Waals surface area contributed by atoms with Crippen LogP contribution in [0.5, 0.6) is 0 Å². The van der Waals surface area contributed by atoms with Gasteiger partial charge < -0.3 is 24.8 Å². The second-order valence-electron chi connectivity index (χ2n) is 6.08. The summed E-state index contributed by atoms with van der Waals surface area (Å²) in [6, 6.07) is 15.2. The normalized spacial score (nSPS) is 17.0. The van der Waals surface area contributed by atoms with Gasteiger partial charge in [0.25, 0.3) is 0 Å². The molecule has 2 aromatic rings. The molecule has 1 unspecified atom stereocenters. The first-order valence-corrected chi connectivity index (χ1v) is 11.4. The monoisotopic (exact) mass is 508 g/mol. The smallest absolute Gasteiger partial charge is 1.00 e. The molecule has 126 valence electrons. The predicted molar refractivity (Wildman–Crippen MR) is 97.8 cm³/mol. The predicted octanol–water partition coefficient (Wildman–Crippen LogP) is 0.508. The van der Waals surface area contributed by atoms with Crippen molar-refractivity contribution in [1.82, 2.24) is 0 Å². The number of fused-ring (bicyclic) bond motifs is 1. The summed E-state index contributed by atoms with van der Waals surface area (Å²) in [5.41, 5.74) is 7.18. The van der Waals surface area contributed by atoms with E-state index in [2.05, 4.69) is 89.6 Å². The van der Waals surface area contributed by atoms with Crippen molar-refractivity contribution in [2.24, 2.45) is 0 Å². The van der Waals surface area contributed by atoms with Gasteiger partial charge in [-0.05, 0) is 0 Å². The molecule has 25 heavy (non-hydrogen) atoms. The Morgan fingerprint density at radius 1 is 1.04 bits per heavy atom. The topological polar surface area (TPSA) is 0 Å². The van der Waals surface area contributed by atoms with Gasteiger partial charge in [0.15, 0.2) is 0 Å². The maximum Gasteiger partial charge on any atom is -1.00 e. The molecule has 2 aromatic carbocycles. The van der Waals surface area contributed by atoms with Crippen LogP contribution in [0.4, 0.5) is 0 Å². The van der Waals surface area contributed by atoms with Crippen molar-refractivity contribution in [3.8, 4) is 11.1 Å². The van der Waals surface area contributed by atoms with Gasteiger partial charge in [0.2, 0.25) is 0 Å². The molecule has 0 saturated carbocycles. The van der Waals surface area contributed by atoms with E-state index >= 15 is 0 Å². The van der Waals surface area contributed by atoms with Crippen molar-refractivity contribution < 1.29 is 48.0 Å². The van der Waals surface area contributed by atoms with Gasteiger partial charge >= 0.3 is 158 Å². The quantitative estimate of drug-likeness (QED) is 0.564. The summed E-state index contributed by atoms with van der Waals surface area (Å²) >= 11 is 3.20. The van der Waals surface area contributed by atoms with Gasteiger partial charge in [-0.2, -0.15) is 0 Å². The number of hydrogen-bond donors (Lipinski definition) is 0. The maximum atomic E-state index is 3.83. The molecule has 0 N–H and O–H groups in total. The summed E-state index contributed by atoms with van der Waals surface area (Å²) in [4.78, 5) is 0. The zero-order chi connectivity index (χ0) is 15.8. The molecule has 1 atom stereocenters. The molecule has 2 aliphatic rings. The van der Waals surface area contributed by atoms with Crippen LogP contribution in [-0.2, 0) is 23.2 Å². The van der Waals surface area contributed by atoms with Crippen LogP contribution < -0.4 is 24.8 Å². The first-order chi connectivity index (χ1) is 11.2. The average molecular weight is 511 g/mol. The van der Waals surface area contributed by atoms with E-state index in [-0.39, 0.29) is 24.8 Å².